The predicted molar refractivity (Wildman–Crippen MR) is 65.2 cm³/mol. The zero-order valence-electron chi connectivity index (χ0n) is 10.5. The van der Waals surface area contributed by atoms with E-state index in [9.17, 15) is 4.79 Å². The summed E-state index contributed by atoms with van der Waals surface area (Å²) in [6, 6.07) is 7.59. The van der Waals surface area contributed by atoms with Crippen LogP contribution in [0.15, 0.2) is 24.3 Å². The number of carbonyl (C=O) groups is 1. The molecule has 1 atom stereocenters. The van der Waals surface area contributed by atoms with E-state index in [0.29, 0.717) is 18.8 Å². The summed E-state index contributed by atoms with van der Waals surface area (Å²) >= 11 is 0. The third-order valence-electron chi connectivity index (χ3n) is 2.79. The summed E-state index contributed by atoms with van der Waals surface area (Å²) in [7, 11) is 0. The van der Waals surface area contributed by atoms with E-state index >= 15 is 0 Å². The van der Waals surface area contributed by atoms with Crippen molar-refractivity contribution in [2.45, 2.75) is 32.3 Å². The molecule has 1 heterocycles. The average molecular weight is 234 g/mol. The van der Waals surface area contributed by atoms with Gasteiger partial charge in [-0.3, -0.25) is 0 Å². The predicted octanol–water partition coefficient (Wildman–Crippen LogP) is 2.54. The molecule has 2 rings (SSSR count). The Bertz CT molecular complexity index is 396. The minimum atomic E-state index is -0.277. The van der Waals surface area contributed by atoms with Crippen molar-refractivity contribution in [2.24, 2.45) is 0 Å². The number of rotatable bonds is 3. The highest BCUT2D eigenvalue weighted by Crippen LogP contribution is 2.22. The average Bonchev–Trinajstić information content (AvgIpc) is 3.09. The third-order valence-corrected chi connectivity index (χ3v) is 2.79. The number of hydrogen-bond donors (Lipinski definition) is 0. The van der Waals surface area contributed by atoms with Gasteiger partial charge in [0.2, 0.25) is 0 Å². The zero-order chi connectivity index (χ0) is 12.5. The fourth-order valence-electron chi connectivity index (χ4n) is 1.52. The topological polar surface area (TPSA) is 38.8 Å². The quantitative estimate of drug-likeness (QED) is 0.596. The molecular formula is C14H18O3. The lowest BCUT2D eigenvalue weighted by molar-refractivity contribution is 0.0476. The van der Waals surface area contributed by atoms with E-state index in [1.165, 1.54) is 5.56 Å². The van der Waals surface area contributed by atoms with Crippen molar-refractivity contribution in [3.05, 3.63) is 35.4 Å². The van der Waals surface area contributed by atoms with Crippen LogP contribution in [-0.2, 0) is 14.9 Å². The van der Waals surface area contributed by atoms with Crippen molar-refractivity contribution in [3.63, 3.8) is 0 Å². The molecule has 1 aliphatic rings. The monoisotopic (exact) mass is 234 g/mol. The lowest BCUT2D eigenvalue weighted by atomic mass is 9.87. The summed E-state index contributed by atoms with van der Waals surface area (Å²) in [5, 5.41) is 0. The second-order valence-electron chi connectivity index (χ2n) is 5.38. The van der Waals surface area contributed by atoms with E-state index in [2.05, 4.69) is 20.8 Å². The Morgan fingerprint density at radius 2 is 1.94 bits per heavy atom. The second kappa shape index (κ2) is 4.49. The molecule has 0 amide bonds. The summed E-state index contributed by atoms with van der Waals surface area (Å²) in [5.74, 6) is -0.277. The third kappa shape index (κ3) is 3.30. The van der Waals surface area contributed by atoms with Crippen LogP contribution in [0.1, 0.15) is 36.7 Å². The van der Waals surface area contributed by atoms with Gasteiger partial charge in [-0.05, 0) is 23.1 Å². The van der Waals surface area contributed by atoms with Gasteiger partial charge < -0.3 is 9.47 Å². The van der Waals surface area contributed by atoms with E-state index in [0.717, 1.165) is 0 Å². The van der Waals surface area contributed by atoms with Crippen molar-refractivity contribution in [3.8, 4) is 0 Å². The molecule has 0 aromatic heterocycles. The highest BCUT2D eigenvalue weighted by atomic mass is 16.6. The smallest absolute Gasteiger partial charge is 0.338 e. The number of ether oxygens (including phenoxy) is 2. The Balaban J connectivity index is 1.98. The summed E-state index contributed by atoms with van der Waals surface area (Å²) in [6.07, 6.45) is 0.118. The van der Waals surface area contributed by atoms with Crippen LogP contribution in [0.2, 0.25) is 0 Å². The van der Waals surface area contributed by atoms with Crippen molar-refractivity contribution in [1.29, 1.82) is 0 Å². The van der Waals surface area contributed by atoms with Crippen LogP contribution in [0.4, 0.5) is 0 Å². The molecule has 0 saturated carbocycles. The molecule has 17 heavy (non-hydrogen) atoms. The van der Waals surface area contributed by atoms with Crippen molar-refractivity contribution in [1.82, 2.24) is 0 Å². The van der Waals surface area contributed by atoms with Crippen LogP contribution in [0, 0.1) is 0 Å². The molecule has 1 aromatic rings. The van der Waals surface area contributed by atoms with Crippen LogP contribution in [-0.4, -0.2) is 25.3 Å². The molecular weight excluding hydrogens is 216 g/mol. The number of carbonyl (C=O) groups excluding carboxylic acids is 1. The first-order valence-corrected chi connectivity index (χ1v) is 5.86. The molecule has 0 spiro atoms. The number of epoxide rings is 1. The fraction of sp³-hybridized carbons (Fsp3) is 0.500. The normalized spacial score (nSPS) is 18.9. The van der Waals surface area contributed by atoms with Gasteiger partial charge in [0.05, 0.1) is 12.2 Å². The summed E-state index contributed by atoms with van der Waals surface area (Å²) in [5.41, 5.74) is 1.91. The Morgan fingerprint density at radius 1 is 1.35 bits per heavy atom. The maximum absolute atomic E-state index is 11.7. The van der Waals surface area contributed by atoms with Crippen molar-refractivity contribution < 1.29 is 14.3 Å². The van der Waals surface area contributed by atoms with Gasteiger partial charge in [0.1, 0.15) is 12.7 Å². The second-order valence-corrected chi connectivity index (χ2v) is 5.38. The molecule has 3 heteroatoms. The van der Waals surface area contributed by atoms with Gasteiger partial charge in [-0.1, -0.05) is 32.9 Å². The lowest BCUT2D eigenvalue weighted by Crippen LogP contribution is -2.13. The molecule has 0 radical (unpaired) electrons. The first kappa shape index (κ1) is 12.1. The first-order valence-electron chi connectivity index (χ1n) is 5.86. The number of esters is 1. The van der Waals surface area contributed by atoms with Crippen LogP contribution < -0.4 is 0 Å². The number of benzene rings is 1. The number of hydrogen-bond acceptors (Lipinski definition) is 3. The Morgan fingerprint density at radius 3 is 2.41 bits per heavy atom. The van der Waals surface area contributed by atoms with Crippen molar-refractivity contribution >= 4 is 5.97 Å². The molecule has 1 aromatic carbocycles. The van der Waals surface area contributed by atoms with Gasteiger partial charge in [0.25, 0.3) is 0 Å². The highest BCUT2D eigenvalue weighted by molar-refractivity contribution is 5.89. The van der Waals surface area contributed by atoms with E-state index < -0.39 is 0 Å². The maximum atomic E-state index is 11.7. The SMILES string of the molecule is CC(C)(C)c1ccc(C(=O)OC[C@H]2CO2)cc1. The van der Waals surface area contributed by atoms with Gasteiger partial charge in [0.15, 0.2) is 0 Å². The van der Waals surface area contributed by atoms with Gasteiger partial charge in [0, 0.05) is 0 Å². The maximum Gasteiger partial charge on any atom is 0.338 e. The van der Waals surface area contributed by atoms with Crippen LogP contribution in [0.25, 0.3) is 0 Å². The lowest BCUT2D eigenvalue weighted by Gasteiger charge is -2.18. The van der Waals surface area contributed by atoms with Gasteiger partial charge in [-0.15, -0.1) is 0 Å². The molecule has 92 valence electrons. The van der Waals surface area contributed by atoms with E-state index in [1.807, 2.05) is 24.3 Å². The molecule has 0 unspecified atom stereocenters. The fourth-order valence-corrected chi connectivity index (χ4v) is 1.52. The highest BCUT2D eigenvalue weighted by Gasteiger charge is 2.24. The van der Waals surface area contributed by atoms with Crippen LogP contribution in [0.3, 0.4) is 0 Å². The van der Waals surface area contributed by atoms with Crippen molar-refractivity contribution in [2.75, 3.05) is 13.2 Å². The standard InChI is InChI=1S/C14H18O3/c1-14(2,3)11-6-4-10(5-7-11)13(15)17-9-12-8-16-12/h4-7,12H,8-9H2,1-3H3/t12-/m1/s1. The Labute approximate surface area is 102 Å². The Kier molecular flexibility index (Phi) is 3.20. The minimum absolute atomic E-state index is 0.101. The summed E-state index contributed by atoms with van der Waals surface area (Å²) in [6.45, 7) is 7.50. The van der Waals surface area contributed by atoms with Crippen LogP contribution >= 0.6 is 0 Å². The molecule has 1 aliphatic heterocycles. The molecule has 1 saturated heterocycles. The van der Waals surface area contributed by atoms with E-state index in [1.54, 1.807) is 0 Å². The first-order chi connectivity index (χ1) is 7.97. The van der Waals surface area contributed by atoms with Crippen LogP contribution in [0.5, 0.6) is 0 Å². The van der Waals surface area contributed by atoms with E-state index in [4.69, 9.17) is 9.47 Å². The minimum Gasteiger partial charge on any atom is -0.459 e. The summed E-state index contributed by atoms with van der Waals surface area (Å²) < 4.78 is 10.1. The Hall–Kier alpha value is -1.35. The van der Waals surface area contributed by atoms with Gasteiger partial charge >= 0.3 is 5.97 Å². The zero-order valence-corrected chi connectivity index (χ0v) is 10.5. The summed E-state index contributed by atoms with van der Waals surface area (Å²) in [4.78, 5) is 11.7. The largest absolute Gasteiger partial charge is 0.459 e. The molecule has 0 N–H and O–H groups in total. The molecule has 1 fully saturated rings. The molecule has 3 nitrogen and oxygen atoms in total. The molecule has 0 bridgehead atoms. The molecule has 0 aliphatic carbocycles. The van der Waals surface area contributed by atoms with Gasteiger partial charge in [-0.25, -0.2) is 4.79 Å². The van der Waals surface area contributed by atoms with Gasteiger partial charge in [-0.2, -0.15) is 0 Å². The van der Waals surface area contributed by atoms with E-state index in [-0.39, 0.29) is 17.5 Å².